The van der Waals surface area contributed by atoms with Gasteiger partial charge in [-0.15, -0.1) is 0 Å². The molecule has 0 aliphatic rings. The fraction of sp³-hybridized carbons (Fsp3) is 0.0769. The molecule has 17 heavy (non-hydrogen) atoms. The van der Waals surface area contributed by atoms with Crippen molar-refractivity contribution in [1.82, 2.24) is 0 Å². The van der Waals surface area contributed by atoms with Crippen molar-refractivity contribution < 1.29 is 4.74 Å². The molecule has 0 fully saturated rings. The molecule has 2 rings (SSSR count). The fourth-order valence-corrected chi connectivity index (χ4v) is 1.91. The summed E-state index contributed by atoms with van der Waals surface area (Å²) in [5.41, 5.74) is 6.45. The molecule has 88 valence electrons. The highest BCUT2D eigenvalue weighted by Gasteiger charge is 2.02. The van der Waals surface area contributed by atoms with Crippen molar-refractivity contribution in [2.75, 3.05) is 0 Å². The molecule has 0 unspecified atom stereocenters. The summed E-state index contributed by atoms with van der Waals surface area (Å²) < 4.78 is 6.68. The zero-order valence-electron chi connectivity index (χ0n) is 8.99. The Morgan fingerprint density at radius 3 is 2.29 bits per heavy atom. The van der Waals surface area contributed by atoms with Crippen LogP contribution in [0.3, 0.4) is 0 Å². The molecule has 4 heteroatoms. The zero-order chi connectivity index (χ0) is 12.3. The van der Waals surface area contributed by atoms with Crippen LogP contribution in [0.5, 0.6) is 11.5 Å². The predicted octanol–water partition coefficient (Wildman–Crippen LogP) is 4.35. The van der Waals surface area contributed by atoms with E-state index in [0.717, 1.165) is 15.8 Å². The minimum atomic E-state index is 0.428. The zero-order valence-corrected chi connectivity index (χ0v) is 11.3. The standard InChI is InChI=1S/C13H11BrClNO/c14-10-2-5-11(6-3-10)17-12-4-1-9(8-16)13(15)7-12/h1-7H,8,16H2. The molecule has 0 aliphatic heterocycles. The van der Waals surface area contributed by atoms with Crippen molar-refractivity contribution in [3.63, 3.8) is 0 Å². The Morgan fingerprint density at radius 1 is 1.06 bits per heavy atom. The molecule has 0 atom stereocenters. The molecule has 0 bridgehead atoms. The lowest BCUT2D eigenvalue weighted by Gasteiger charge is -2.08. The summed E-state index contributed by atoms with van der Waals surface area (Å²) in [6.45, 7) is 0.428. The van der Waals surface area contributed by atoms with E-state index in [0.29, 0.717) is 17.3 Å². The maximum absolute atomic E-state index is 6.05. The van der Waals surface area contributed by atoms with Gasteiger partial charge >= 0.3 is 0 Å². The summed E-state index contributed by atoms with van der Waals surface area (Å²) in [6, 6.07) is 13.1. The number of ether oxygens (including phenoxy) is 1. The molecule has 0 radical (unpaired) electrons. The Bertz CT molecular complexity index is 513. The molecule has 0 amide bonds. The molecule has 0 aromatic heterocycles. The van der Waals surface area contributed by atoms with E-state index in [1.807, 2.05) is 36.4 Å². The van der Waals surface area contributed by atoms with E-state index in [2.05, 4.69) is 15.9 Å². The van der Waals surface area contributed by atoms with Gasteiger partial charge in [-0.05, 0) is 42.0 Å². The number of hydrogen-bond donors (Lipinski definition) is 1. The lowest BCUT2D eigenvalue weighted by Crippen LogP contribution is -1.97. The Labute approximate surface area is 113 Å². The van der Waals surface area contributed by atoms with Crippen LogP contribution in [0.25, 0.3) is 0 Å². The van der Waals surface area contributed by atoms with Gasteiger partial charge in [-0.2, -0.15) is 0 Å². The van der Waals surface area contributed by atoms with Gasteiger partial charge in [-0.25, -0.2) is 0 Å². The lowest BCUT2D eigenvalue weighted by molar-refractivity contribution is 0.482. The summed E-state index contributed by atoms with van der Waals surface area (Å²) in [7, 11) is 0. The Kier molecular flexibility index (Phi) is 4.05. The van der Waals surface area contributed by atoms with Crippen LogP contribution in [0.1, 0.15) is 5.56 Å². The number of nitrogens with two attached hydrogens (primary N) is 1. The number of rotatable bonds is 3. The molecule has 0 saturated heterocycles. The van der Waals surface area contributed by atoms with Gasteiger partial charge in [-0.1, -0.05) is 33.6 Å². The Morgan fingerprint density at radius 2 is 1.71 bits per heavy atom. The van der Waals surface area contributed by atoms with Gasteiger partial charge in [0.05, 0.1) is 0 Å². The van der Waals surface area contributed by atoms with Crippen molar-refractivity contribution >= 4 is 27.5 Å². The summed E-state index contributed by atoms with van der Waals surface area (Å²) in [4.78, 5) is 0. The van der Waals surface area contributed by atoms with E-state index in [4.69, 9.17) is 22.1 Å². The van der Waals surface area contributed by atoms with Crippen LogP contribution in [0, 0.1) is 0 Å². The average Bonchev–Trinajstić information content (AvgIpc) is 2.32. The van der Waals surface area contributed by atoms with Crippen LogP contribution in [0.2, 0.25) is 5.02 Å². The van der Waals surface area contributed by atoms with Crippen molar-refractivity contribution in [3.8, 4) is 11.5 Å². The monoisotopic (exact) mass is 311 g/mol. The fourth-order valence-electron chi connectivity index (χ4n) is 1.40. The van der Waals surface area contributed by atoms with Gasteiger partial charge in [0.25, 0.3) is 0 Å². The lowest BCUT2D eigenvalue weighted by atomic mass is 10.2. The van der Waals surface area contributed by atoms with Crippen LogP contribution in [-0.4, -0.2) is 0 Å². The highest BCUT2D eigenvalue weighted by Crippen LogP contribution is 2.27. The van der Waals surface area contributed by atoms with Gasteiger partial charge in [0, 0.05) is 16.0 Å². The normalized spacial score (nSPS) is 10.3. The largest absolute Gasteiger partial charge is 0.457 e. The Hall–Kier alpha value is -1.03. The second-order valence-electron chi connectivity index (χ2n) is 3.51. The first-order valence-electron chi connectivity index (χ1n) is 5.11. The number of halogens is 2. The second-order valence-corrected chi connectivity index (χ2v) is 4.84. The van der Waals surface area contributed by atoms with Crippen molar-refractivity contribution in [2.45, 2.75) is 6.54 Å². The van der Waals surface area contributed by atoms with Gasteiger partial charge in [0.15, 0.2) is 0 Å². The maximum Gasteiger partial charge on any atom is 0.128 e. The number of benzene rings is 2. The SMILES string of the molecule is NCc1ccc(Oc2ccc(Br)cc2)cc1Cl. The molecule has 2 N–H and O–H groups in total. The molecule has 2 aromatic carbocycles. The third-order valence-corrected chi connectivity index (χ3v) is 3.17. The van der Waals surface area contributed by atoms with Crippen LogP contribution in [0.4, 0.5) is 0 Å². The second kappa shape index (κ2) is 5.54. The minimum absolute atomic E-state index is 0.428. The molecule has 0 heterocycles. The van der Waals surface area contributed by atoms with Crippen LogP contribution in [0.15, 0.2) is 46.9 Å². The summed E-state index contributed by atoms with van der Waals surface area (Å²) in [5, 5.41) is 0.627. The molecular formula is C13H11BrClNO. The first-order chi connectivity index (χ1) is 8.19. The smallest absolute Gasteiger partial charge is 0.128 e. The molecule has 0 saturated carbocycles. The minimum Gasteiger partial charge on any atom is -0.457 e. The van der Waals surface area contributed by atoms with Crippen molar-refractivity contribution in [3.05, 3.63) is 57.5 Å². The van der Waals surface area contributed by atoms with E-state index in [-0.39, 0.29) is 0 Å². The van der Waals surface area contributed by atoms with Crippen molar-refractivity contribution in [1.29, 1.82) is 0 Å². The quantitative estimate of drug-likeness (QED) is 0.914. The van der Waals surface area contributed by atoms with Crippen LogP contribution < -0.4 is 10.5 Å². The van der Waals surface area contributed by atoms with E-state index in [1.54, 1.807) is 6.07 Å². The highest BCUT2D eigenvalue weighted by molar-refractivity contribution is 9.10. The average molecular weight is 313 g/mol. The third-order valence-electron chi connectivity index (χ3n) is 2.29. The van der Waals surface area contributed by atoms with Gasteiger partial charge in [0.2, 0.25) is 0 Å². The van der Waals surface area contributed by atoms with Crippen LogP contribution >= 0.6 is 27.5 Å². The predicted molar refractivity (Wildman–Crippen MR) is 73.6 cm³/mol. The maximum atomic E-state index is 6.05. The Balaban J connectivity index is 2.19. The highest BCUT2D eigenvalue weighted by atomic mass is 79.9. The van der Waals surface area contributed by atoms with Crippen LogP contribution in [-0.2, 0) is 6.54 Å². The molecular weight excluding hydrogens is 302 g/mol. The van der Waals surface area contributed by atoms with Gasteiger partial charge < -0.3 is 10.5 Å². The van der Waals surface area contributed by atoms with Gasteiger partial charge in [0.1, 0.15) is 11.5 Å². The molecule has 2 nitrogen and oxygen atoms in total. The van der Waals surface area contributed by atoms with Crippen molar-refractivity contribution in [2.24, 2.45) is 5.73 Å². The first-order valence-corrected chi connectivity index (χ1v) is 6.28. The first kappa shape index (κ1) is 12.4. The summed E-state index contributed by atoms with van der Waals surface area (Å²) in [5.74, 6) is 1.47. The summed E-state index contributed by atoms with van der Waals surface area (Å²) >= 11 is 9.42. The number of hydrogen-bond acceptors (Lipinski definition) is 2. The summed E-state index contributed by atoms with van der Waals surface area (Å²) in [6.07, 6.45) is 0. The molecule has 0 aliphatic carbocycles. The van der Waals surface area contributed by atoms with E-state index in [1.165, 1.54) is 0 Å². The molecule has 0 spiro atoms. The van der Waals surface area contributed by atoms with Gasteiger partial charge in [-0.3, -0.25) is 0 Å². The van der Waals surface area contributed by atoms with E-state index in [9.17, 15) is 0 Å². The molecule has 2 aromatic rings. The third kappa shape index (κ3) is 3.22. The van der Waals surface area contributed by atoms with E-state index < -0.39 is 0 Å². The van der Waals surface area contributed by atoms with E-state index >= 15 is 0 Å². The topological polar surface area (TPSA) is 35.2 Å².